The third-order valence-corrected chi connectivity index (χ3v) is 1.60. The molecule has 0 aliphatic heterocycles. The number of hydrogen-bond donors (Lipinski definition) is 1. The molecule has 0 saturated heterocycles. The number of carbonyl (C=O) groups is 1. The van der Waals surface area contributed by atoms with Crippen LogP contribution in [-0.2, 0) is 0 Å². The number of nitrogens with two attached hydrogens (primary N) is 1. The molecule has 1 aromatic heterocycles. The smallest absolute Gasteiger partial charge is 0.412 e. The molecule has 1 heterocycles. The Kier molecular flexibility index (Phi) is 1.66. The Bertz CT molecular complexity index is 414. The second-order valence-electron chi connectivity index (χ2n) is 2.52. The molecule has 0 unspecified atom stereocenters. The van der Waals surface area contributed by atoms with Gasteiger partial charge in [0.15, 0.2) is 0 Å². The first kappa shape index (κ1) is 7.67. The average Bonchev–Trinajstić information content (AvgIpc) is 2.44. The fraction of sp³-hybridized carbons (Fsp3) is 0. The summed E-state index contributed by atoms with van der Waals surface area (Å²) >= 11 is 0. The summed E-state index contributed by atoms with van der Waals surface area (Å²) in [4.78, 5) is 10.4. The van der Waals surface area contributed by atoms with Crippen LogP contribution in [0.4, 0.5) is 4.79 Å². The first-order valence-corrected chi connectivity index (χ1v) is 3.71. The van der Waals surface area contributed by atoms with E-state index < -0.39 is 6.09 Å². The number of para-hydroxylation sites is 1. The van der Waals surface area contributed by atoms with Crippen LogP contribution < -0.4 is 10.5 Å². The predicted octanol–water partition coefficient (Wildman–Crippen LogP) is 1.89. The van der Waals surface area contributed by atoms with E-state index in [0.717, 1.165) is 5.39 Å². The summed E-state index contributed by atoms with van der Waals surface area (Å²) < 4.78 is 9.73. The number of primary amides is 1. The highest BCUT2D eigenvalue weighted by atomic mass is 16.6. The minimum Gasteiger partial charge on any atom is -0.425 e. The summed E-state index contributed by atoms with van der Waals surface area (Å²) in [6.07, 6.45) is -0.876. The van der Waals surface area contributed by atoms with Gasteiger partial charge >= 0.3 is 6.09 Å². The molecule has 4 nitrogen and oxygen atoms in total. The monoisotopic (exact) mass is 177 g/mol. The van der Waals surface area contributed by atoms with Gasteiger partial charge in [0.1, 0.15) is 5.58 Å². The lowest BCUT2D eigenvalue weighted by atomic mass is 10.3. The van der Waals surface area contributed by atoms with Crippen molar-refractivity contribution in [1.29, 1.82) is 0 Å². The zero-order valence-corrected chi connectivity index (χ0v) is 6.69. The first-order chi connectivity index (χ1) is 6.25. The summed E-state index contributed by atoms with van der Waals surface area (Å²) in [7, 11) is 0. The van der Waals surface area contributed by atoms with Crippen LogP contribution in [0.15, 0.2) is 34.7 Å². The number of amides is 1. The fourth-order valence-electron chi connectivity index (χ4n) is 1.11. The maximum absolute atomic E-state index is 10.4. The molecule has 13 heavy (non-hydrogen) atoms. The quantitative estimate of drug-likeness (QED) is 0.723. The van der Waals surface area contributed by atoms with Gasteiger partial charge in [-0.2, -0.15) is 0 Å². The molecule has 0 spiro atoms. The Morgan fingerprint density at radius 3 is 2.85 bits per heavy atom. The summed E-state index contributed by atoms with van der Waals surface area (Å²) in [5, 5.41) is 0.874. The molecule has 0 radical (unpaired) electrons. The van der Waals surface area contributed by atoms with Crippen molar-refractivity contribution < 1.29 is 13.9 Å². The fourth-order valence-corrected chi connectivity index (χ4v) is 1.11. The molecule has 2 aromatic rings. The van der Waals surface area contributed by atoms with E-state index in [0.29, 0.717) is 5.58 Å². The molecule has 66 valence electrons. The van der Waals surface area contributed by atoms with Gasteiger partial charge < -0.3 is 14.9 Å². The zero-order chi connectivity index (χ0) is 9.26. The highest BCUT2D eigenvalue weighted by Gasteiger charge is 2.05. The Labute approximate surface area is 73.9 Å². The van der Waals surface area contributed by atoms with Crippen molar-refractivity contribution in [3.63, 3.8) is 0 Å². The molecule has 0 fully saturated rings. The molecule has 0 aliphatic carbocycles. The largest absolute Gasteiger partial charge is 0.425 e. The lowest BCUT2D eigenvalue weighted by molar-refractivity contribution is 0.199. The SMILES string of the molecule is NC(=O)Oc1cc2ccccc2o1. The normalized spacial score (nSPS) is 10.2. The van der Waals surface area contributed by atoms with Crippen molar-refractivity contribution in [2.75, 3.05) is 0 Å². The van der Waals surface area contributed by atoms with Gasteiger partial charge in [0.2, 0.25) is 0 Å². The summed E-state index contributed by atoms with van der Waals surface area (Å²) in [6, 6.07) is 8.95. The minimum atomic E-state index is -0.876. The lowest BCUT2D eigenvalue weighted by Gasteiger charge is -1.91. The zero-order valence-electron chi connectivity index (χ0n) is 6.69. The third kappa shape index (κ3) is 1.46. The highest BCUT2D eigenvalue weighted by molar-refractivity contribution is 5.79. The van der Waals surface area contributed by atoms with Crippen molar-refractivity contribution in [2.45, 2.75) is 0 Å². The molecule has 2 N–H and O–H groups in total. The highest BCUT2D eigenvalue weighted by Crippen LogP contribution is 2.24. The number of hydrogen-bond acceptors (Lipinski definition) is 3. The minimum absolute atomic E-state index is 0.119. The van der Waals surface area contributed by atoms with Crippen molar-refractivity contribution >= 4 is 17.1 Å². The molecule has 0 saturated carbocycles. The van der Waals surface area contributed by atoms with Gasteiger partial charge in [-0.15, -0.1) is 0 Å². The molecular formula is C9H7NO3. The van der Waals surface area contributed by atoms with Gasteiger partial charge in [-0.3, -0.25) is 0 Å². The number of furan rings is 1. The van der Waals surface area contributed by atoms with Crippen LogP contribution in [-0.4, -0.2) is 6.09 Å². The van der Waals surface area contributed by atoms with E-state index in [9.17, 15) is 4.79 Å². The topological polar surface area (TPSA) is 65.5 Å². The first-order valence-electron chi connectivity index (χ1n) is 3.71. The second-order valence-corrected chi connectivity index (χ2v) is 2.52. The Hall–Kier alpha value is -1.97. The Balaban J connectivity index is 2.44. The summed E-state index contributed by atoms with van der Waals surface area (Å²) in [6.45, 7) is 0. The van der Waals surface area contributed by atoms with E-state index in [1.54, 1.807) is 12.1 Å². The molecule has 0 bridgehead atoms. The van der Waals surface area contributed by atoms with Crippen LogP contribution in [0.3, 0.4) is 0 Å². The predicted molar refractivity (Wildman–Crippen MR) is 46.4 cm³/mol. The van der Waals surface area contributed by atoms with Crippen LogP contribution in [0.1, 0.15) is 0 Å². The van der Waals surface area contributed by atoms with Crippen molar-refractivity contribution in [1.82, 2.24) is 0 Å². The molecule has 0 atom stereocenters. The molecule has 0 aliphatic rings. The number of ether oxygens (including phenoxy) is 1. The van der Waals surface area contributed by atoms with Crippen LogP contribution >= 0.6 is 0 Å². The van der Waals surface area contributed by atoms with E-state index in [1.165, 1.54) is 0 Å². The molecule has 4 heteroatoms. The maximum Gasteiger partial charge on any atom is 0.412 e. The average molecular weight is 177 g/mol. The second kappa shape index (κ2) is 2.82. The third-order valence-electron chi connectivity index (χ3n) is 1.60. The van der Waals surface area contributed by atoms with Crippen LogP contribution in [0.5, 0.6) is 5.95 Å². The van der Waals surface area contributed by atoms with E-state index in [4.69, 9.17) is 10.2 Å². The molecule has 1 amide bonds. The van der Waals surface area contributed by atoms with Crippen molar-refractivity contribution in [2.24, 2.45) is 5.73 Å². The van der Waals surface area contributed by atoms with Crippen molar-refractivity contribution in [3.05, 3.63) is 30.3 Å². The van der Waals surface area contributed by atoms with E-state index in [-0.39, 0.29) is 5.95 Å². The van der Waals surface area contributed by atoms with Gasteiger partial charge in [-0.05, 0) is 6.07 Å². The van der Waals surface area contributed by atoms with Crippen LogP contribution in [0.2, 0.25) is 0 Å². The van der Waals surface area contributed by atoms with Crippen molar-refractivity contribution in [3.8, 4) is 5.95 Å². The molecular weight excluding hydrogens is 170 g/mol. The molecule has 1 aromatic carbocycles. The van der Waals surface area contributed by atoms with Gasteiger partial charge in [0, 0.05) is 11.5 Å². The summed E-state index contributed by atoms with van der Waals surface area (Å²) in [5.74, 6) is 0.119. The van der Waals surface area contributed by atoms with E-state index in [1.807, 2.05) is 18.2 Å². The number of rotatable bonds is 1. The van der Waals surface area contributed by atoms with E-state index in [2.05, 4.69) is 4.74 Å². The molecule has 2 rings (SSSR count). The van der Waals surface area contributed by atoms with Gasteiger partial charge in [-0.1, -0.05) is 18.2 Å². The van der Waals surface area contributed by atoms with Gasteiger partial charge in [-0.25, -0.2) is 4.79 Å². The van der Waals surface area contributed by atoms with Crippen LogP contribution in [0, 0.1) is 0 Å². The Morgan fingerprint density at radius 2 is 2.15 bits per heavy atom. The number of fused-ring (bicyclic) bond motifs is 1. The van der Waals surface area contributed by atoms with Gasteiger partial charge in [0.25, 0.3) is 5.95 Å². The lowest BCUT2D eigenvalue weighted by Crippen LogP contribution is -2.15. The number of benzene rings is 1. The maximum atomic E-state index is 10.4. The van der Waals surface area contributed by atoms with E-state index >= 15 is 0 Å². The summed E-state index contributed by atoms with van der Waals surface area (Å²) in [5.41, 5.74) is 5.49. The standard InChI is InChI=1S/C9H7NO3/c10-9(11)13-8-5-6-3-1-2-4-7(6)12-8/h1-5H,(H2,10,11). The number of carbonyl (C=O) groups excluding carboxylic acids is 1. The van der Waals surface area contributed by atoms with Gasteiger partial charge in [0.05, 0.1) is 0 Å². The Morgan fingerprint density at radius 1 is 1.38 bits per heavy atom. The van der Waals surface area contributed by atoms with Crippen LogP contribution in [0.25, 0.3) is 11.0 Å².